The summed E-state index contributed by atoms with van der Waals surface area (Å²) in [5.41, 5.74) is 0.939. The molecule has 0 unspecified atom stereocenters. The number of hydrogen-bond donors (Lipinski definition) is 1. The zero-order valence-corrected chi connectivity index (χ0v) is 13.7. The van der Waals surface area contributed by atoms with E-state index in [0.29, 0.717) is 6.61 Å². The Bertz CT molecular complexity index is 407. The number of ether oxygens (including phenoxy) is 2. The van der Waals surface area contributed by atoms with Gasteiger partial charge in [0, 0.05) is 30.7 Å². The van der Waals surface area contributed by atoms with Crippen LogP contribution < -0.4 is 10.1 Å². The molecule has 1 rings (SSSR count). The highest BCUT2D eigenvalue weighted by molar-refractivity contribution is 6.30. The van der Waals surface area contributed by atoms with E-state index in [0.717, 1.165) is 42.3 Å². The number of hydrogen-bond acceptors (Lipinski definition) is 3. The van der Waals surface area contributed by atoms with E-state index in [1.807, 2.05) is 18.2 Å². The van der Waals surface area contributed by atoms with E-state index in [2.05, 4.69) is 26.1 Å². The summed E-state index contributed by atoms with van der Waals surface area (Å²) in [6, 6.07) is 5.76. The summed E-state index contributed by atoms with van der Waals surface area (Å²) in [6.45, 7) is 8.66. The summed E-state index contributed by atoms with van der Waals surface area (Å²) in [6.07, 6.45) is 1.95. The van der Waals surface area contributed by atoms with Gasteiger partial charge in [0.2, 0.25) is 0 Å². The third kappa shape index (κ3) is 6.12. The minimum absolute atomic E-state index is 0.160. The highest BCUT2D eigenvalue weighted by Gasteiger charge is 2.16. The van der Waals surface area contributed by atoms with Crippen LogP contribution in [-0.4, -0.2) is 25.9 Å². The highest BCUT2D eigenvalue weighted by atomic mass is 35.5. The topological polar surface area (TPSA) is 30.5 Å². The van der Waals surface area contributed by atoms with Crippen LogP contribution in [0.3, 0.4) is 0 Å². The number of halogens is 1. The fourth-order valence-electron chi connectivity index (χ4n) is 1.74. The average Bonchev–Trinajstić information content (AvgIpc) is 2.41. The smallest absolute Gasteiger partial charge is 0.123 e. The molecule has 1 N–H and O–H groups in total. The van der Waals surface area contributed by atoms with Crippen LogP contribution in [0, 0.1) is 0 Å². The molecule has 0 saturated carbocycles. The molecule has 0 aliphatic heterocycles. The first kappa shape index (κ1) is 17.3. The predicted octanol–water partition coefficient (Wildman–Crippen LogP) is 4.03. The fourth-order valence-corrected chi connectivity index (χ4v) is 1.93. The van der Waals surface area contributed by atoms with Crippen LogP contribution in [0.1, 0.15) is 39.2 Å². The van der Waals surface area contributed by atoms with E-state index in [-0.39, 0.29) is 5.60 Å². The van der Waals surface area contributed by atoms with E-state index < -0.39 is 0 Å². The van der Waals surface area contributed by atoms with Crippen molar-refractivity contribution in [3.63, 3.8) is 0 Å². The normalized spacial score (nSPS) is 11.7. The van der Waals surface area contributed by atoms with Gasteiger partial charge in [0.05, 0.1) is 12.2 Å². The molecular weight excluding hydrogens is 274 g/mol. The molecule has 0 aliphatic rings. The lowest BCUT2D eigenvalue weighted by Gasteiger charge is -2.23. The largest absolute Gasteiger partial charge is 0.493 e. The van der Waals surface area contributed by atoms with Crippen LogP contribution in [0.5, 0.6) is 5.75 Å². The molecule has 1 aromatic rings. The summed E-state index contributed by atoms with van der Waals surface area (Å²) in [5.74, 6) is 0.893. The Morgan fingerprint density at radius 3 is 2.70 bits per heavy atom. The lowest BCUT2D eigenvalue weighted by atomic mass is 10.1. The molecule has 0 bridgehead atoms. The van der Waals surface area contributed by atoms with Crippen molar-refractivity contribution in [2.75, 3.05) is 20.3 Å². The predicted molar refractivity (Wildman–Crippen MR) is 84.6 cm³/mol. The first-order valence-electron chi connectivity index (χ1n) is 7.15. The maximum Gasteiger partial charge on any atom is 0.123 e. The van der Waals surface area contributed by atoms with Crippen molar-refractivity contribution in [3.8, 4) is 5.75 Å². The lowest BCUT2D eigenvalue weighted by Crippen LogP contribution is -2.25. The second-order valence-corrected chi connectivity index (χ2v) is 5.93. The number of rotatable bonds is 9. The van der Waals surface area contributed by atoms with Gasteiger partial charge in [-0.25, -0.2) is 0 Å². The summed E-state index contributed by atoms with van der Waals surface area (Å²) in [7, 11) is 1.72. The molecule has 20 heavy (non-hydrogen) atoms. The monoisotopic (exact) mass is 299 g/mol. The molecule has 0 aliphatic carbocycles. The van der Waals surface area contributed by atoms with Gasteiger partial charge < -0.3 is 14.8 Å². The van der Waals surface area contributed by atoms with Gasteiger partial charge in [-0.1, -0.05) is 18.5 Å². The van der Waals surface area contributed by atoms with Crippen LogP contribution in [0.15, 0.2) is 18.2 Å². The van der Waals surface area contributed by atoms with E-state index in [9.17, 15) is 0 Å². The zero-order chi connectivity index (χ0) is 15.0. The Morgan fingerprint density at radius 1 is 1.30 bits per heavy atom. The van der Waals surface area contributed by atoms with E-state index in [1.54, 1.807) is 7.11 Å². The van der Waals surface area contributed by atoms with E-state index in [1.165, 1.54) is 0 Å². The van der Waals surface area contributed by atoms with Crippen molar-refractivity contribution in [1.82, 2.24) is 5.32 Å². The molecular formula is C16H26ClNO2. The molecule has 0 heterocycles. The second kappa shape index (κ2) is 8.50. The van der Waals surface area contributed by atoms with Crippen LogP contribution in [0.2, 0.25) is 5.02 Å². The van der Waals surface area contributed by atoms with Gasteiger partial charge in [-0.3, -0.25) is 0 Å². The van der Waals surface area contributed by atoms with Crippen molar-refractivity contribution in [2.45, 2.75) is 45.8 Å². The molecule has 114 valence electrons. The Morgan fingerprint density at radius 2 is 2.05 bits per heavy atom. The minimum atomic E-state index is -0.160. The van der Waals surface area contributed by atoms with Gasteiger partial charge in [0.15, 0.2) is 0 Å². The maximum atomic E-state index is 6.06. The minimum Gasteiger partial charge on any atom is -0.493 e. The molecule has 0 amide bonds. The van der Waals surface area contributed by atoms with Gasteiger partial charge in [-0.15, -0.1) is 0 Å². The second-order valence-electron chi connectivity index (χ2n) is 5.49. The number of nitrogens with one attached hydrogen (secondary N) is 1. The molecule has 0 fully saturated rings. The third-order valence-corrected chi connectivity index (χ3v) is 3.51. The van der Waals surface area contributed by atoms with Crippen LogP contribution in [0.25, 0.3) is 0 Å². The van der Waals surface area contributed by atoms with Gasteiger partial charge in [-0.05, 0) is 45.0 Å². The van der Waals surface area contributed by atoms with Gasteiger partial charge in [0.25, 0.3) is 0 Å². The average molecular weight is 300 g/mol. The summed E-state index contributed by atoms with van der Waals surface area (Å²) < 4.78 is 11.3. The van der Waals surface area contributed by atoms with Gasteiger partial charge in [0.1, 0.15) is 5.75 Å². The number of methoxy groups -OCH3 is 1. The summed E-state index contributed by atoms with van der Waals surface area (Å²) >= 11 is 6.06. The maximum absolute atomic E-state index is 6.06. The fraction of sp³-hybridized carbons (Fsp3) is 0.625. The molecule has 0 radical (unpaired) electrons. The Labute approximate surface area is 127 Å². The quantitative estimate of drug-likeness (QED) is 0.698. The summed E-state index contributed by atoms with van der Waals surface area (Å²) in [4.78, 5) is 0. The van der Waals surface area contributed by atoms with E-state index >= 15 is 0 Å². The molecule has 0 aromatic heterocycles. The zero-order valence-electron chi connectivity index (χ0n) is 13.0. The third-order valence-electron chi connectivity index (χ3n) is 3.28. The van der Waals surface area contributed by atoms with Crippen LogP contribution >= 0.6 is 11.6 Å². The summed E-state index contributed by atoms with van der Waals surface area (Å²) in [5, 5.41) is 4.11. The van der Waals surface area contributed by atoms with Gasteiger partial charge in [-0.2, -0.15) is 0 Å². The molecule has 1 aromatic carbocycles. The molecule has 0 saturated heterocycles. The Balaban J connectivity index is 2.59. The molecule has 0 atom stereocenters. The van der Waals surface area contributed by atoms with Crippen molar-refractivity contribution < 1.29 is 9.47 Å². The lowest BCUT2D eigenvalue weighted by molar-refractivity contribution is 0.00537. The first-order chi connectivity index (χ1) is 9.48. The van der Waals surface area contributed by atoms with Gasteiger partial charge >= 0.3 is 0 Å². The standard InChI is InChI=1S/C16H26ClNO2/c1-5-9-18-12-13-11-14(17)6-7-15(13)20-10-8-16(2,3)19-4/h6-7,11,18H,5,8-10,12H2,1-4H3. The highest BCUT2D eigenvalue weighted by Crippen LogP contribution is 2.24. The number of benzene rings is 1. The van der Waals surface area contributed by atoms with Crippen molar-refractivity contribution in [1.29, 1.82) is 0 Å². The SMILES string of the molecule is CCCNCc1cc(Cl)ccc1OCCC(C)(C)OC. The molecule has 0 spiro atoms. The Kier molecular flexibility index (Phi) is 7.35. The van der Waals surface area contributed by atoms with Crippen LogP contribution in [0.4, 0.5) is 0 Å². The molecule has 4 heteroatoms. The van der Waals surface area contributed by atoms with Crippen LogP contribution in [-0.2, 0) is 11.3 Å². The molecule has 3 nitrogen and oxygen atoms in total. The van der Waals surface area contributed by atoms with Crippen molar-refractivity contribution in [2.24, 2.45) is 0 Å². The van der Waals surface area contributed by atoms with Crippen molar-refractivity contribution >= 4 is 11.6 Å². The van der Waals surface area contributed by atoms with Crippen molar-refractivity contribution in [3.05, 3.63) is 28.8 Å². The van der Waals surface area contributed by atoms with E-state index in [4.69, 9.17) is 21.1 Å². The first-order valence-corrected chi connectivity index (χ1v) is 7.53. The Hall–Kier alpha value is -0.770.